The molecule has 54 heavy (non-hydrogen) atoms. The van der Waals surface area contributed by atoms with Crippen LogP contribution in [-0.2, 0) is 63.7 Å². The van der Waals surface area contributed by atoms with E-state index in [4.69, 9.17) is 23.7 Å². The molecule has 1 aliphatic rings. The van der Waals surface area contributed by atoms with E-state index in [9.17, 15) is 33.6 Å². The van der Waals surface area contributed by atoms with Crippen molar-refractivity contribution < 1.29 is 57.2 Å². The van der Waals surface area contributed by atoms with Gasteiger partial charge in [0.1, 0.15) is 24.8 Å². The van der Waals surface area contributed by atoms with E-state index in [-0.39, 0.29) is 37.4 Å². The number of ether oxygens (including phenoxy) is 5. The first-order valence-electron chi connectivity index (χ1n) is 18.3. The van der Waals surface area contributed by atoms with Gasteiger partial charge in [0.15, 0.2) is 18.5 Å². The monoisotopic (exact) mass is 760 g/mol. The van der Waals surface area contributed by atoms with Gasteiger partial charge in [-0.15, -0.1) is 0 Å². The molecule has 1 aromatic rings. The van der Waals surface area contributed by atoms with Crippen LogP contribution in [0.4, 0.5) is 0 Å². The Morgan fingerprint density at radius 2 is 1.43 bits per heavy atom. The lowest BCUT2D eigenvalue weighted by Gasteiger charge is -2.44. The molecular weight excluding hydrogens is 704 g/mol. The fraction of sp³-hybridized carbons (Fsp3) is 0.605. The Hall–Kier alpha value is -4.83. The summed E-state index contributed by atoms with van der Waals surface area (Å²) in [6.07, 6.45) is 2.02. The number of rotatable bonds is 24. The second kappa shape index (κ2) is 25.2. The van der Waals surface area contributed by atoms with E-state index >= 15 is 0 Å². The molecule has 0 radical (unpaired) electrons. The van der Waals surface area contributed by atoms with E-state index in [2.05, 4.69) is 27.8 Å². The van der Waals surface area contributed by atoms with Crippen molar-refractivity contribution in [2.45, 2.75) is 122 Å². The number of amides is 4. The van der Waals surface area contributed by atoms with Crippen LogP contribution in [0.3, 0.4) is 0 Å². The summed E-state index contributed by atoms with van der Waals surface area (Å²) in [6.45, 7) is 8.98. The minimum Gasteiger partial charge on any atom is -0.463 e. The Labute approximate surface area is 316 Å². The molecule has 1 heterocycles. The molecule has 6 atom stereocenters. The van der Waals surface area contributed by atoms with Crippen LogP contribution < -0.4 is 21.3 Å². The van der Waals surface area contributed by atoms with Crippen molar-refractivity contribution >= 4 is 41.5 Å². The molecule has 0 spiro atoms. The van der Waals surface area contributed by atoms with Gasteiger partial charge in [0.05, 0.1) is 0 Å². The molecule has 300 valence electrons. The van der Waals surface area contributed by atoms with Crippen molar-refractivity contribution in [1.29, 1.82) is 0 Å². The highest BCUT2D eigenvalue weighted by atomic mass is 16.7. The van der Waals surface area contributed by atoms with Crippen LogP contribution in [0.2, 0.25) is 0 Å². The van der Waals surface area contributed by atoms with Crippen LogP contribution in [0, 0.1) is 0 Å². The molecule has 0 aliphatic carbocycles. The summed E-state index contributed by atoms with van der Waals surface area (Å²) in [5.41, 5.74) is 0.914. The molecule has 16 heteroatoms. The van der Waals surface area contributed by atoms with Crippen LogP contribution in [0.5, 0.6) is 0 Å². The zero-order valence-corrected chi connectivity index (χ0v) is 31.7. The third-order valence-electron chi connectivity index (χ3n) is 8.22. The Kier molecular flexibility index (Phi) is 21.2. The first-order chi connectivity index (χ1) is 25.8. The fourth-order valence-electron chi connectivity index (χ4n) is 5.74. The van der Waals surface area contributed by atoms with Gasteiger partial charge < -0.3 is 45.0 Å². The normalized spacial score (nSPS) is 19.7. The number of nitrogens with one attached hydrogen (secondary N) is 4. The van der Waals surface area contributed by atoms with Crippen molar-refractivity contribution in [1.82, 2.24) is 21.3 Å². The van der Waals surface area contributed by atoms with E-state index in [1.807, 2.05) is 30.3 Å². The summed E-state index contributed by atoms with van der Waals surface area (Å²) in [7, 11) is 0. The third kappa shape index (κ3) is 18.3. The lowest BCUT2D eigenvalue weighted by molar-refractivity contribution is -0.277. The second-order valence-electron chi connectivity index (χ2n) is 12.9. The van der Waals surface area contributed by atoms with Crippen molar-refractivity contribution in [3.8, 4) is 0 Å². The van der Waals surface area contributed by atoms with E-state index in [0.717, 1.165) is 38.2 Å². The lowest BCUT2D eigenvalue weighted by atomic mass is 9.96. The van der Waals surface area contributed by atoms with Gasteiger partial charge in [-0.3, -0.25) is 33.6 Å². The van der Waals surface area contributed by atoms with E-state index in [1.54, 1.807) is 0 Å². The summed E-state index contributed by atoms with van der Waals surface area (Å²) in [4.78, 5) is 84.8. The molecule has 4 amide bonds. The van der Waals surface area contributed by atoms with E-state index in [1.165, 1.54) is 26.8 Å². The number of unbranched alkanes of at least 4 members (excludes halogenated alkanes) is 5. The number of esters is 3. The van der Waals surface area contributed by atoms with Crippen molar-refractivity contribution in [3.63, 3.8) is 0 Å². The molecule has 4 N–H and O–H groups in total. The Bertz CT molecular complexity index is 1390. The summed E-state index contributed by atoms with van der Waals surface area (Å²) >= 11 is 0. The van der Waals surface area contributed by atoms with Crippen LogP contribution in [0.25, 0.3) is 0 Å². The summed E-state index contributed by atoms with van der Waals surface area (Å²) < 4.78 is 28.0. The zero-order chi connectivity index (χ0) is 39.9. The number of benzene rings is 1. The van der Waals surface area contributed by atoms with Crippen molar-refractivity contribution in [2.24, 2.45) is 0 Å². The first-order valence-corrected chi connectivity index (χ1v) is 18.3. The molecule has 1 saturated heterocycles. The van der Waals surface area contributed by atoms with Crippen molar-refractivity contribution in [3.05, 3.63) is 48.6 Å². The van der Waals surface area contributed by atoms with Crippen molar-refractivity contribution in [2.75, 3.05) is 26.3 Å². The van der Waals surface area contributed by atoms with Crippen LogP contribution in [0.1, 0.15) is 84.6 Å². The van der Waals surface area contributed by atoms with Gasteiger partial charge in [-0.05, 0) is 37.3 Å². The van der Waals surface area contributed by atoms with Gasteiger partial charge >= 0.3 is 17.9 Å². The lowest BCUT2D eigenvalue weighted by Crippen LogP contribution is -2.66. The van der Waals surface area contributed by atoms with Gasteiger partial charge in [0, 0.05) is 60.2 Å². The standard InChI is InChI=1S/C38H56N4O12/c1-6-32(47)39-20-15-10-13-19-33(48)42-30(23-29-17-11-9-12-18-29)37(49)40-21-14-7-8-16-22-50-38-34(41-25(2)43)36(53-28(5)46)35(52-27(4)45)31(54-38)24-51-26(3)44/h6,9,11-12,17-18,30-31,34-36,38H,1,7-8,10,13-16,19-24H2,2-5H3,(H,39,47)(H,40,49)(H,41,43)(H,42,48)/t30-,31?,34?,35+,36+,38+/m0/s1. The number of hydrogen-bond acceptors (Lipinski definition) is 12. The second-order valence-corrected chi connectivity index (χ2v) is 12.9. The van der Waals surface area contributed by atoms with Gasteiger partial charge in [-0.1, -0.05) is 56.2 Å². The van der Waals surface area contributed by atoms with Gasteiger partial charge in [-0.2, -0.15) is 0 Å². The van der Waals surface area contributed by atoms with Crippen LogP contribution in [0.15, 0.2) is 43.0 Å². The average molecular weight is 761 g/mol. The van der Waals surface area contributed by atoms with E-state index < -0.39 is 60.5 Å². The smallest absolute Gasteiger partial charge is 0.303 e. The van der Waals surface area contributed by atoms with Gasteiger partial charge in [0.2, 0.25) is 23.6 Å². The molecule has 2 unspecified atom stereocenters. The molecule has 1 fully saturated rings. The fourth-order valence-corrected chi connectivity index (χ4v) is 5.74. The molecule has 1 aromatic carbocycles. The highest BCUT2D eigenvalue weighted by Gasteiger charge is 2.51. The Balaban J connectivity index is 1.88. The maximum Gasteiger partial charge on any atom is 0.303 e. The minimum atomic E-state index is -1.20. The maximum absolute atomic E-state index is 13.2. The number of hydrogen-bond donors (Lipinski definition) is 4. The zero-order valence-electron chi connectivity index (χ0n) is 31.7. The highest BCUT2D eigenvalue weighted by Crippen LogP contribution is 2.28. The molecule has 0 saturated carbocycles. The number of carbonyl (C=O) groups excluding carboxylic acids is 7. The molecule has 1 aliphatic heterocycles. The minimum absolute atomic E-state index is 0.188. The predicted molar refractivity (Wildman–Crippen MR) is 195 cm³/mol. The summed E-state index contributed by atoms with van der Waals surface area (Å²) in [6, 6.07) is 7.65. The summed E-state index contributed by atoms with van der Waals surface area (Å²) in [5.74, 6) is -3.19. The topological polar surface area (TPSA) is 214 Å². The Morgan fingerprint density at radius 1 is 0.796 bits per heavy atom. The largest absolute Gasteiger partial charge is 0.463 e. The first kappa shape index (κ1) is 45.3. The molecule has 0 bridgehead atoms. The third-order valence-corrected chi connectivity index (χ3v) is 8.22. The molecule has 0 aromatic heterocycles. The molecule has 16 nitrogen and oxygen atoms in total. The van der Waals surface area contributed by atoms with Gasteiger partial charge in [-0.25, -0.2) is 0 Å². The quantitative estimate of drug-likeness (QED) is 0.0515. The highest BCUT2D eigenvalue weighted by molar-refractivity contribution is 5.88. The van der Waals surface area contributed by atoms with E-state index in [0.29, 0.717) is 38.8 Å². The van der Waals surface area contributed by atoms with Crippen LogP contribution >= 0.6 is 0 Å². The Morgan fingerprint density at radius 3 is 2.06 bits per heavy atom. The predicted octanol–water partition coefficient (Wildman–Crippen LogP) is 1.93. The van der Waals surface area contributed by atoms with Crippen LogP contribution in [-0.4, -0.2) is 105 Å². The SMILES string of the molecule is C=CC(=O)NCCCCCC(=O)N[C@@H](Cc1ccccc1)C(=O)NCCCCCCO[C@@H]1OC(COC(C)=O)[C@@H](OC(C)=O)[C@H](OC(C)=O)C1NC(C)=O. The molecule has 2 rings (SSSR count). The molecular formula is C38H56N4O12. The van der Waals surface area contributed by atoms with Gasteiger partial charge in [0.25, 0.3) is 0 Å². The summed E-state index contributed by atoms with van der Waals surface area (Å²) in [5, 5.41) is 11.2. The maximum atomic E-state index is 13.2. The average Bonchev–Trinajstić information content (AvgIpc) is 3.11. The number of carbonyl (C=O) groups is 7.